The van der Waals surface area contributed by atoms with Gasteiger partial charge >= 0.3 is 0 Å². The summed E-state index contributed by atoms with van der Waals surface area (Å²) in [5.74, 6) is 1.69. The third-order valence-corrected chi connectivity index (χ3v) is 4.44. The van der Waals surface area contributed by atoms with Crippen molar-refractivity contribution in [3.8, 4) is 0 Å². The van der Waals surface area contributed by atoms with E-state index in [1.165, 1.54) is 36.6 Å². The lowest BCUT2D eigenvalue weighted by atomic mass is 9.85. The smallest absolute Gasteiger partial charge is 0.0890 e. The lowest BCUT2D eigenvalue weighted by Crippen LogP contribution is -3.00. The number of quaternary nitrogens is 1. The quantitative estimate of drug-likeness (QED) is 0.524. The molecule has 0 amide bonds. The maximum absolute atomic E-state index is 2.47. The van der Waals surface area contributed by atoms with Gasteiger partial charge in [-0.05, 0) is 31.1 Å². The number of rotatable bonds is 4. The Hall–Kier alpha value is 0.690. The van der Waals surface area contributed by atoms with E-state index < -0.39 is 0 Å². The van der Waals surface area contributed by atoms with Crippen LogP contribution in [0.25, 0.3) is 0 Å². The van der Waals surface area contributed by atoms with E-state index in [1.807, 2.05) is 0 Å². The van der Waals surface area contributed by atoms with Crippen LogP contribution in [0.5, 0.6) is 0 Å². The van der Waals surface area contributed by atoms with Crippen molar-refractivity contribution in [2.75, 3.05) is 14.1 Å². The third kappa shape index (κ3) is 5.06. The number of piperidine rings is 1. The van der Waals surface area contributed by atoms with E-state index >= 15 is 0 Å². The third-order valence-electron chi connectivity index (χ3n) is 4.44. The molecule has 0 radical (unpaired) electrons. The number of hydrogen-bond donors (Lipinski definition) is 0. The predicted molar refractivity (Wildman–Crippen MR) is 72.4 cm³/mol. The summed E-state index contributed by atoms with van der Waals surface area (Å²) in [5, 5.41) is 0. The van der Waals surface area contributed by atoms with Gasteiger partial charge in [0, 0.05) is 12.8 Å². The van der Waals surface area contributed by atoms with Crippen LogP contribution in [0.3, 0.4) is 0 Å². The molecule has 1 nitrogen and oxygen atoms in total. The average Bonchev–Trinajstić information content (AvgIpc) is 2.11. The largest absolute Gasteiger partial charge is 1.00 e. The van der Waals surface area contributed by atoms with Gasteiger partial charge in [0.15, 0.2) is 0 Å². The number of hydrogen-bond acceptors (Lipinski definition) is 0. The van der Waals surface area contributed by atoms with E-state index in [-0.39, 0.29) is 24.0 Å². The first-order valence-electron chi connectivity index (χ1n) is 7.17. The summed E-state index contributed by atoms with van der Waals surface area (Å²) in [5.41, 5.74) is 0. The van der Waals surface area contributed by atoms with Crippen LogP contribution < -0.4 is 24.0 Å². The molecular weight excluding hydrogens is 321 g/mol. The molecule has 0 aromatic rings. The number of halogens is 1. The second kappa shape index (κ2) is 7.32. The molecule has 1 rings (SSSR count). The zero-order valence-electron chi connectivity index (χ0n) is 12.7. The number of nitrogens with zero attached hydrogens (tertiary/aromatic N) is 1. The average molecular weight is 353 g/mol. The van der Waals surface area contributed by atoms with Gasteiger partial charge in [-0.25, -0.2) is 0 Å². The molecule has 0 unspecified atom stereocenters. The molecule has 0 aromatic heterocycles. The highest BCUT2D eigenvalue weighted by molar-refractivity contribution is 4.74. The maximum atomic E-state index is 2.47. The molecule has 0 aromatic carbocycles. The normalized spacial score (nSPS) is 28.2. The molecule has 2 heteroatoms. The van der Waals surface area contributed by atoms with Gasteiger partial charge in [0.25, 0.3) is 0 Å². The summed E-state index contributed by atoms with van der Waals surface area (Å²) < 4.78 is 1.27. The Balaban J connectivity index is 0.00000256. The van der Waals surface area contributed by atoms with E-state index in [1.54, 1.807) is 0 Å². The van der Waals surface area contributed by atoms with Crippen LogP contribution in [-0.4, -0.2) is 30.7 Å². The standard InChI is InChI=1S/C15H32N.HI/c1-12(2)10-14-8-7-9-15(11-13(3)4)16(14,5)6;/h12-15H,7-11H2,1-6H3;1H/q+1;/p-1/t14-,15+;. The van der Waals surface area contributed by atoms with Crippen molar-refractivity contribution < 1.29 is 28.5 Å². The Morgan fingerprint density at radius 3 is 1.53 bits per heavy atom. The molecule has 1 saturated heterocycles. The zero-order valence-corrected chi connectivity index (χ0v) is 14.8. The van der Waals surface area contributed by atoms with Crippen molar-refractivity contribution in [2.45, 2.75) is 71.9 Å². The molecule has 0 saturated carbocycles. The Morgan fingerprint density at radius 1 is 0.882 bits per heavy atom. The molecule has 1 fully saturated rings. The van der Waals surface area contributed by atoms with Gasteiger partial charge in [-0.2, -0.15) is 0 Å². The molecule has 1 aliphatic rings. The second-order valence-electron chi connectivity index (χ2n) is 7.13. The summed E-state index contributed by atoms with van der Waals surface area (Å²) in [6, 6.07) is 1.80. The van der Waals surface area contributed by atoms with Crippen molar-refractivity contribution in [1.82, 2.24) is 0 Å². The van der Waals surface area contributed by atoms with Crippen molar-refractivity contribution in [3.05, 3.63) is 0 Å². The molecule has 0 N–H and O–H groups in total. The van der Waals surface area contributed by atoms with E-state index in [2.05, 4.69) is 41.8 Å². The minimum Gasteiger partial charge on any atom is -1.00 e. The second-order valence-corrected chi connectivity index (χ2v) is 7.13. The van der Waals surface area contributed by atoms with Gasteiger partial charge in [-0.3, -0.25) is 0 Å². The molecule has 17 heavy (non-hydrogen) atoms. The van der Waals surface area contributed by atoms with Gasteiger partial charge in [-0.1, -0.05) is 27.7 Å². The Bertz CT molecular complexity index is 191. The molecule has 0 spiro atoms. The van der Waals surface area contributed by atoms with Crippen LogP contribution in [0.1, 0.15) is 59.8 Å². The van der Waals surface area contributed by atoms with E-state index in [9.17, 15) is 0 Å². The van der Waals surface area contributed by atoms with E-state index in [0.717, 1.165) is 23.9 Å². The Labute approximate surface area is 126 Å². The summed E-state index contributed by atoms with van der Waals surface area (Å²) in [4.78, 5) is 0. The van der Waals surface area contributed by atoms with Gasteiger partial charge in [0.05, 0.1) is 26.2 Å². The van der Waals surface area contributed by atoms with Crippen LogP contribution in [0.15, 0.2) is 0 Å². The van der Waals surface area contributed by atoms with Gasteiger partial charge in [0.1, 0.15) is 0 Å². The van der Waals surface area contributed by atoms with Crippen molar-refractivity contribution in [1.29, 1.82) is 0 Å². The highest BCUT2D eigenvalue weighted by Gasteiger charge is 2.39. The molecule has 104 valence electrons. The molecule has 0 aliphatic carbocycles. The van der Waals surface area contributed by atoms with Crippen molar-refractivity contribution in [3.63, 3.8) is 0 Å². The maximum Gasteiger partial charge on any atom is 0.0890 e. The fourth-order valence-corrected chi connectivity index (χ4v) is 3.42. The van der Waals surface area contributed by atoms with Crippen LogP contribution in [-0.2, 0) is 0 Å². The summed E-state index contributed by atoms with van der Waals surface area (Å²) in [7, 11) is 4.94. The highest BCUT2D eigenvalue weighted by Crippen LogP contribution is 2.34. The fraction of sp³-hybridized carbons (Fsp3) is 1.00. The van der Waals surface area contributed by atoms with Crippen LogP contribution in [0, 0.1) is 11.8 Å². The minimum atomic E-state index is 0. The predicted octanol–water partition coefficient (Wildman–Crippen LogP) is 1.08. The molecule has 1 aliphatic heterocycles. The zero-order chi connectivity index (χ0) is 12.3. The molecule has 0 bridgehead atoms. The highest BCUT2D eigenvalue weighted by atomic mass is 127. The Morgan fingerprint density at radius 2 is 1.24 bits per heavy atom. The Kier molecular flexibility index (Phi) is 7.62. The van der Waals surface area contributed by atoms with Gasteiger partial charge in [0.2, 0.25) is 0 Å². The lowest BCUT2D eigenvalue weighted by Gasteiger charge is -2.49. The molecular formula is C15H32IN. The first-order chi connectivity index (χ1) is 7.34. The van der Waals surface area contributed by atoms with Crippen LogP contribution in [0.4, 0.5) is 0 Å². The summed E-state index contributed by atoms with van der Waals surface area (Å²) >= 11 is 0. The van der Waals surface area contributed by atoms with E-state index in [4.69, 9.17) is 0 Å². The van der Waals surface area contributed by atoms with Crippen LogP contribution in [0.2, 0.25) is 0 Å². The monoisotopic (exact) mass is 353 g/mol. The van der Waals surface area contributed by atoms with E-state index in [0.29, 0.717) is 0 Å². The fourth-order valence-electron chi connectivity index (χ4n) is 3.42. The van der Waals surface area contributed by atoms with Crippen molar-refractivity contribution in [2.24, 2.45) is 11.8 Å². The SMILES string of the molecule is CC(C)C[C@H]1CCC[C@@H](CC(C)C)[N+]1(C)C.[I-]. The van der Waals surface area contributed by atoms with Crippen LogP contribution >= 0.6 is 0 Å². The molecule has 1 heterocycles. The number of likely N-dealkylation sites (tertiary alicyclic amines) is 1. The van der Waals surface area contributed by atoms with Gasteiger partial charge in [-0.15, -0.1) is 0 Å². The summed E-state index contributed by atoms with van der Waals surface area (Å²) in [6.45, 7) is 9.47. The first kappa shape index (κ1) is 17.7. The molecule has 2 atom stereocenters. The minimum absolute atomic E-state index is 0. The summed E-state index contributed by atoms with van der Waals surface area (Å²) in [6.07, 6.45) is 7.15. The van der Waals surface area contributed by atoms with Gasteiger partial charge < -0.3 is 28.5 Å². The topological polar surface area (TPSA) is 0 Å². The van der Waals surface area contributed by atoms with Crippen molar-refractivity contribution >= 4 is 0 Å². The first-order valence-corrected chi connectivity index (χ1v) is 7.17. The lowest BCUT2D eigenvalue weighted by molar-refractivity contribution is -0.945.